The van der Waals surface area contributed by atoms with E-state index in [0.717, 1.165) is 12.8 Å². The van der Waals surface area contributed by atoms with Gasteiger partial charge in [-0.3, -0.25) is 0 Å². The Morgan fingerprint density at radius 2 is 2.10 bits per heavy atom. The van der Waals surface area contributed by atoms with Crippen LogP contribution >= 0.6 is 0 Å². The van der Waals surface area contributed by atoms with E-state index >= 15 is 0 Å². The lowest BCUT2D eigenvalue weighted by Gasteiger charge is -2.12. The van der Waals surface area contributed by atoms with Gasteiger partial charge in [-0.1, -0.05) is 6.92 Å². The molecule has 0 radical (unpaired) electrons. The van der Waals surface area contributed by atoms with Crippen LogP contribution in [0.5, 0.6) is 5.75 Å². The molecule has 0 spiro atoms. The van der Waals surface area contributed by atoms with Gasteiger partial charge < -0.3 is 20.5 Å². The average Bonchev–Trinajstić information content (AvgIpc) is 3.14. The van der Waals surface area contributed by atoms with Gasteiger partial charge >= 0.3 is 12.0 Å². The number of anilines is 1. The minimum Gasteiger partial charge on any atom is -0.496 e. The second-order valence-electron chi connectivity index (χ2n) is 5.34. The number of carboxylic acids is 1. The topological polar surface area (TPSA) is 87.7 Å². The largest absolute Gasteiger partial charge is 0.496 e. The Bertz CT molecular complexity index is 538. The van der Waals surface area contributed by atoms with Crippen molar-refractivity contribution >= 4 is 17.7 Å². The van der Waals surface area contributed by atoms with Crippen LogP contribution < -0.4 is 15.4 Å². The number of ether oxygens (including phenoxy) is 1. The molecule has 0 aliphatic heterocycles. The number of hydrogen-bond acceptors (Lipinski definition) is 3. The molecule has 2 amide bonds. The Kier molecular flexibility index (Phi) is 3.83. The van der Waals surface area contributed by atoms with Crippen molar-refractivity contribution < 1.29 is 19.4 Å². The van der Waals surface area contributed by atoms with Crippen LogP contribution in [-0.4, -0.2) is 30.8 Å². The number of carbonyl (C=O) groups excluding carboxylic acids is 1. The SMILES string of the molecule is COc1cc(NC(=O)NCC2(C)CC2)ccc1C(=O)O. The molecule has 0 bridgehead atoms. The fourth-order valence-electron chi connectivity index (χ4n) is 1.80. The number of methoxy groups -OCH3 is 1. The number of nitrogens with one attached hydrogen (secondary N) is 2. The number of aromatic carboxylic acids is 1. The van der Waals surface area contributed by atoms with E-state index in [1.54, 1.807) is 0 Å². The summed E-state index contributed by atoms with van der Waals surface area (Å²) >= 11 is 0. The minimum atomic E-state index is -1.07. The number of benzene rings is 1. The fraction of sp³-hybridized carbons (Fsp3) is 0.429. The first-order chi connectivity index (χ1) is 9.43. The van der Waals surface area contributed by atoms with E-state index in [0.29, 0.717) is 12.2 Å². The number of carbonyl (C=O) groups is 2. The lowest BCUT2D eigenvalue weighted by atomic mass is 10.1. The van der Waals surface area contributed by atoms with Crippen molar-refractivity contribution in [1.29, 1.82) is 0 Å². The van der Waals surface area contributed by atoms with Gasteiger partial charge in [-0.15, -0.1) is 0 Å². The van der Waals surface area contributed by atoms with Crippen molar-refractivity contribution in [3.05, 3.63) is 23.8 Å². The highest BCUT2D eigenvalue weighted by Crippen LogP contribution is 2.44. The summed E-state index contributed by atoms with van der Waals surface area (Å²) in [6.45, 7) is 2.77. The molecule has 108 valence electrons. The standard InChI is InChI=1S/C14H18N2O4/c1-14(5-6-14)8-15-13(19)16-9-3-4-10(12(17)18)11(7-9)20-2/h3-4,7H,5-6,8H2,1-2H3,(H,17,18)(H2,15,16,19). The summed E-state index contributed by atoms with van der Waals surface area (Å²) in [5, 5.41) is 14.4. The molecule has 0 saturated heterocycles. The second kappa shape index (κ2) is 5.40. The predicted molar refractivity (Wildman–Crippen MR) is 74.3 cm³/mol. The maximum Gasteiger partial charge on any atom is 0.339 e. The second-order valence-corrected chi connectivity index (χ2v) is 5.34. The van der Waals surface area contributed by atoms with Crippen molar-refractivity contribution in [1.82, 2.24) is 5.32 Å². The number of rotatable bonds is 5. The Morgan fingerprint density at radius 1 is 1.40 bits per heavy atom. The zero-order chi connectivity index (χ0) is 14.8. The molecule has 1 aromatic rings. The molecule has 0 aromatic heterocycles. The Labute approximate surface area is 117 Å². The highest BCUT2D eigenvalue weighted by atomic mass is 16.5. The van der Waals surface area contributed by atoms with Crippen LogP contribution in [0, 0.1) is 5.41 Å². The van der Waals surface area contributed by atoms with Gasteiger partial charge in [0.25, 0.3) is 0 Å². The van der Waals surface area contributed by atoms with Gasteiger partial charge in [-0.2, -0.15) is 0 Å². The maximum absolute atomic E-state index is 11.7. The number of carboxylic acid groups (broad SMARTS) is 1. The molecule has 20 heavy (non-hydrogen) atoms. The van der Waals surface area contributed by atoms with Crippen LogP contribution in [0.1, 0.15) is 30.1 Å². The van der Waals surface area contributed by atoms with Gasteiger partial charge in [-0.25, -0.2) is 9.59 Å². The molecule has 0 atom stereocenters. The predicted octanol–water partition coefficient (Wildman–Crippen LogP) is 2.31. The summed E-state index contributed by atoms with van der Waals surface area (Å²) in [6.07, 6.45) is 2.27. The Balaban J connectivity index is 1.98. The summed E-state index contributed by atoms with van der Waals surface area (Å²) < 4.78 is 5.00. The van der Waals surface area contributed by atoms with Crippen molar-refractivity contribution in [2.75, 3.05) is 19.0 Å². The van der Waals surface area contributed by atoms with Crippen molar-refractivity contribution in [3.63, 3.8) is 0 Å². The average molecular weight is 278 g/mol. The molecule has 1 aromatic carbocycles. The molecular weight excluding hydrogens is 260 g/mol. The molecule has 1 aliphatic carbocycles. The van der Waals surface area contributed by atoms with Crippen LogP contribution in [0.25, 0.3) is 0 Å². The summed E-state index contributed by atoms with van der Waals surface area (Å²) in [5.41, 5.74) is 0.789. The van der Waals surface area contributed by atoms with Crippen LogP contribution in [-0.2, 0) is 0 Å². The molecular formula is C14H18N2O4. The Morgan fingerprint density at radius 3 is 2.65 bits per heavy atom. The third-order valence-electron chi connectivity index (χ3n) is 3.47. The van der Waals surface area contributed by atoms with Crippen LogP contribution in [0.3, 0.4) is 0 Å². The van der Waals surface area contributed by atoms with E-state index in [-0.39, 0.29) is 22.8 Å². The van der Waals surface area contributed by atoms with Crippen LogP contribution in [0.4, 0.5) is 10.5 Å². The molecule has 1 aliphatic rings. The summed E-state index contributed by atoms with van der Waals surface area (Å²) in [6, 6.07) is 4.12. The fourth-order valence-corrected chi connectivity index (χ4v) is 1.80. The molecule has 6 nitrogen and oxygen atoms in total. The van der Waals surface area contributed by atoms with E-state index < -0.39 is 5.97 Å². The zero-order valence-corrected chi connectivity index (χ0v) is 11.5. The normalized spacial score (nSPS) is 15.3. The van der Waals surface area contributed by atoms with Gasteiger partial charge in [0.1, 0.15) is 11.3 Å². The highest BCUT2D eigenvalue weighted by Gasteiger charge is 2.37. The maximum atomic E-state index is 11.7. The first-order valence-corrected chi connectivity index (χ1v) is 6.40. The Hall–Kier alpha value is -2.24. The quantitative estimate of drug-likeness (QED) is 0.771. The summed E-state index contributed by atoms with van der Waals surface area (Å²) in [4.78, 5) is 22.7. The third kappa shape index (κ3) is 3.40. The smallest absolute Gasteiger partial charge is 0.339 e. The minimum absolute atomic E-state index is 0.0592. The van der Waals surface area contributed by atoms with Crippen molar-refractivity contribution in [3.8, 4) is 5.75 Å². The van der Waals surface area contributed by atoms with Gasteiger partial charge in [-0.05, 0) is 30.4 Å². The van der Waals surface area contributed by atoms with Gasteiger partial charge in [0, 0.05) is 18.3 Å². The highest BCUT2D eigenvalue weighted by molar-refractivity contribution is 5.94. The van der Waals surface area contributed by atoms with Crippen molar-refractivity contribution in [2.45, 2.75) is 19.8 Å². The lowest BCUT2D eigenvalue weighted by molar-refractivity contribution is 0.0693. The van der Waals surface area contributed by atoms with E-state index in [1.807, 2.05) is 0 Å². The van der Waals surface area contributed by atoms with E-state index in [2.05, 4.69) is 17.6 Å². The molecule has 1 saturated carbocycles. The third-order valence-corrected chi connectivity index (χ3v) is 3.47. The van der Waals surface area contributed by atoms with Gasteiger partial charge in [0.05, 0.1) is 7.11 Å². The monoisotopic (exact) mass is 278 g/mol. The first-order valence-electron chi connectivity index (χ1n) is 6.40. The van der Waals surface area contributed by atoms with Gasteiger partial charge in [0.2, 0.25) is 0 Å². The summed E-state index contributed by atoms with van der Waals surface area (Å²) in [7, 11) is 1.39. The number of amides is 2. The molecule has 6 heteroatoms. The van der Waals surface area contributed by atoms with E-state index in [4.69, 9.17) is 9.84 Å². The van der Waals surface area contributed by atoms with Crippen molar-refractivity contribution in [2.24, 2.45) is 5.41 Å². The number of urea groups is 1. The van der Waals surface area contributed by atoms with Crippen LogP contribution in [0.15, 0.2) is 18.2 Å². The molecule has 2 rings (SSSR count). The molecule has 1 fully saturated rings. The first kappa shape index (κ1) is 14.2. The number of hydrogen-bond donors (Lipinski definition) is 3. The lowest BCUT2D eigenvalue weighted by Crippen LogP contribution is -2.32. The van der Waals surface area contributed by atoms with Crippen LogP contribution in [0.2, 0.25) is 0 Å². The van der Waals surface area contributed by atoms with Gasteiger partial charge in [0.15, 0.2) is 0 Å². The van der Waals surface area contributed by atoms with E-state index in [1.165, 1.54) is 25.3 Å². The zero-order valence-electron chi connectivity index (χ0n) is 11.5. The molecule has 3 N–H and O–H groups in total. The summed E-state index contributed by atoms with van der Waals surface area (Å²) in [5.74, 6) is -0.857. The van der Waals surface area contributed by atoms with E-state index in [9.17, 15) is 9.59 Å². The molecule has 0 unspecified atom stereocenters. The molecule has 0 heterocycles.